The minimum absolute atomic E-state index is 0.0981. The average molecular weight is 1330 g/mol. The second-order valence-electron chi connectivity index (χ2n) is 29.0. The van der Waals surface area contributed by atoms with E-state index in [-0.39, 0.29) is 30.3 Å². The summed E-state index contributed by atoms with van der Waals surface area (Å²) in [5.74, 6) is 7.01. The lowest BCUT2D eigenvalue weighted by molar-refractivity contribution is 0.131. The largest absolute Gasteiger partial charge is 0.468 e. The second-order valence-corrected chi connectivity index (χ2v) is 29.0. The number of pyridine rings is 1. The number of aryl methyl sites for hydroxylation is 1. The van der Waals surface area contributed by atoms with E-state index >= 15 is 0 Å². The van der Waals surface area contributed by atoms with Crippen molar-refractivity contribution in [2.45, 2.75) is 245 Å². The van der Waals surface area contributed by atoms with Gasteiger partial charge in [-0.05, 0) is 188 Å². The molecule has 4 heterocycles. The van der Waals surface area contributed by atoms with Crippen LogP contribution < -0.4 is 26.2 Å². The number of rotatable bonds is 21. The summed E-state index contributed by atoms with van der Waals surface area (Å²) in [5.41, 5.74) is 7.75. The number of amidine groups is 3. The van der Waals surface area contributed by atoms with E-state index in [4.69, 9.17) is 30.4 Å². The first-order valence-corrected chi connectivity index (χ1v) is 36.1. The molecule has 9 unspecified atom stereocenters. The van der Waals surface area contributed by atoms with Gasteiger partial charge in [-0.1, -0.05) is 201 Å². The molecule has 9 rings (SSSR count). The molecule has 3 fully saturated rings. The van der Waals surface area contributed by atoms with Gasteiger partial charge in [0.05, 0.1) is 5.69 Å². The van der Waals surface area contributed by atoms with Gasteiger partial charge < -0.3 is 35.5 Å². The Hall–Kier alpha value is -7.26. The van der Waals surface area contributed by atoms with Gasteiger partial charge in [0.15, 0.2) is 36.0 Å². The quantitative estimate of drug-likeness (QED) is 0.0373. The fourth-order valence-corrected chi connectivity index (χ4v) is 10.7. The molecule has 4 aliphatic rings. The van der Waals surface area contributed by atoms with Crippen LogP contribution >= 0.6 is 0 Å². The van der Waals surface area contributed by atoms with Gasteiger partial charge in [0, 0.05) is 73.5 Å². The van der Waals surface area contributed by atoms with E-state index in [0.29, 0.717) is 107 Å². The molecular weight excluding hydrogens is 1200 g/mol. The molecule has 4 aromatic carbocycles. The summed E-state index contributed by atoms with van der Waals surface area (Å²) < 4.78 is 16.6. The summed E-state index contributed by atoms with van der Waals surface area (Å²) in [6.45, 7) is 60.8. The molecule has 1 aliphatic carbocycles. The van der Waals surface area contributed by atoms with Crippen molar-refractivity contribution in [3.05, 3.63) is 199 Å². The average Bonchev–Trinajstić information content (AvgIpc) is 1.72. The van der Waals surface area contributed by atoms with Crippen LogP contribution in [0.2, 0.25) is 0 Å². The van der Waals surface area contributed by atoms with Crippen molar-refractivity contribution < 1.29 is 14.2 Å². The maximum atomic E-state index is 8.10. The number of ether oxygens (including phenoxy) is 3. The predicted molar refractivity (Wildman–Crippen MR) is 414 cm³/mol. The molecule has 0 bridgehead atoms. The van der Waals surface area contributed by atoms with Crippen LogP contribution in [0, 0.1) is 57.7 Å². The maximum Gasteiger partial charge on any atom is 0.192 e. The van der Waals surface area contributed by atoms with Crippen LogP contribution in [0.5, 0.6) is 0 Å². The highest BCUT2D eigenvalue weighted by atomic mass is 16.5. The fraction of sp³-hybridized carbons (Fsp3) is 0.542. The summed E-state index contributed by atoms with van der Waals surface area (Å²) in [7, 11) is 0. The van der Waals surface area contributed by atoms with Crippen LogP contribution in [0.4, 0.5) is 11.4 Å². The van der Waals surface area contributed by atoms with E-state index in [1.54, 1.807) is 4.90 Å². The number of hydrogen-bond donors (Lipinski definition) is 7. The summed E-state index contributed by atoms with van der Waals surface area (Å²) in [6.07, 6.45) is 8.31. The Labute approximate surface area is 589 Å². The summed E-state index contributed by atoms with van der Waals surface area (Å²) in [4.78, 5) is 9.70. The molecule has 0 spiro atoms. The molecule has 536 valence electrons. The zero-order valence-electron chi connectivity index (χ0n) is 64.0. The molecule has 7 N–H and O–H groups in total. The van der Waals surface area contributed by atoms with E-state index < -0.39 is 0 Å². The van der Waals surface area contributed by atoms with Gasteiger partial charge in [-0.2, -0.15) is 0 Å². The Morgan fingerprint density at radius 1 is 0.526 bits per heavy atom. The van der Waals surface area contributed by atoms with Gasteiger partial charge in [-0.3, -0.25) is 35.9 Å². The summed E-state index contributed by atoms with van der Waals surface area (Å²) in [6, 6.07) is 46.8. The van der Waals surface area contributed by atoms with Crippen molar-refractivity contribution in [2.24, 2.45) is 41.4 Å². The molecule has 3 aliphatic heterocycles. The smallest absolute Gasteiger partial charge is 0.192 e. The van der Waals surface area contributed by atoms with Crippen LogP contribution in [-0.4, -0.2) is 87.4 Å². The third kappa shape index (κ3) is 28.2. The van der Waals surface area contributed by atoms with Gasteiger partial charge in [0.1, 0.15) is 17.5 Å². The molecule has 97 heavy (non-hydrogen) atoms. The van der Waals surface area contributed by atoms with Gasteiger partial charge >= 0.3 is 0 Å². The third-order valence-electron chi connectivity index (χ3n) is 18.2. The van der Waals surface area contributed by atoms with Crippen molar-refractivity contribution in [3.63, 3.8) is 0 Å². The van der Waals surface area contributed by atoms with Crippen LogP contribution in [0.3, 0.4) is 0 Å². The lowest BCUT2D eigenvalue weighted by Gasteiger charge is -2.30. The van der Waals surface area contributed by atoms with Gasteiger partial charge in [-0.15, -0.1) is 0 Å². The first-order valence-electron chi connectivity index (χ1n) is 36.1. The van der Waals surface area contributed by atoms with E-state index in [9.17, 15) is 0 Å². The van der Waals surface area contributed by atoms with E-state index in [0.717, 1.165) is 25.2 Å². The molecule has 0 amide bonds. The van der Waals surface area contributed by atoms with Crippen LogP contribution in [0.25, 0.3) is 0 Å². The van der Waals surface area contributed by atoms with Crippen LogP contribution in [-0.2, 0) is 27.2 Å². The Kier molecular flexibility index (Phi) is 37.4. The number of anilines is 2. The van der Waals surface area contributed by atoms with E-state index in [1.807, 2.05) is 86.3 Å². The third-order valence-corrected chi connectivity index (χ3v) is 18.2. The van der Waals surface area contributed by atoms with Crippen molar-refractivity contribution >= 4 is 28.9 Å². The molecule has 1 aromatic heterocycles. The van der Waals surface area contributed by atoms with Crippen molar-refractivity contribution in [1.29, 1.82) is 16.2 Å². The number of fused-ring (bicyclic) bond motifs is 1. The highest BCUT2D eigenvalue weighted by molar-refractivity contribution is 6.03. The van der Waals surface area contributed by atoms with Crippen LogP contribution in [0.1, 0.15) is 206 Å². The van der Waals surface area contributed by atoms with Gasteiger partial charge in [0.2, 0.25) is 0 Å². The Morgan fingerprint density at radius 3 is 1.46 bits per heavy atom. The molecule has 14 heteroatoms. The number of aromatic nitrogens is 1. The monoisotopic (exact) mass is 1330 g/mol. The number of para-hydroxylation sites is 2. The number of nitrogens with one attached hydrogen (secondary N) is 7. The molecule has 9 atom stereocenters. The van der Waals surface area contributed by atoms with Gasteiger partial charge in [-0.25, -0.2) is 0 Å². The van der Waals surface area contributed by atoms with Crippen molar-refractivity contribution in [3.8, 4) is 0 Å². The van der Waals surface area contributed by atoms with E-state index in [1.165, 1.54) is 47.2 Å². The zero-order chi connectivity index (χ0) is 72.6. The van der Waals surface area contributed by atoms with Gasteiger partial charge in [0.25, 0.3) is 0 Å². The standard InChI is InChI=1S/C14H22N2.C13H16N2O.C13H21N.C12H19N.C11H17N.2C10H18N2O/c1-10(2)11(3)16-14-6-4-5-12-7-8-15-9-13(12)14;1-9(2)12-13(14)15(10(3)16-12)11-7-5-4-6-8-11;1-10(2)11(3)14-12(4)13-8-6-5-7-9-13;1-10(2)11(3)13-9-12-7-5-4-6-8-12;1-9(2)10(3)12-11-7-5-4-6-8-11;1-6(2)9-10(11)12(7(3)4)8(5)13-9;1-5-6-12-8(4)13-9(7(2)3)10(12)11/h7-11,14,16H,4-6H2,1-3H3;4-9,12,14H,3H2,1-2H3;5-12,14H,1-4H3;4-8,10-11,13H,9H2,1-3H3;4-10,12H,1-3H3;6-7,9,11H,5H2,1-4H3;7,9,11H,4-6H2,1-3H3. The fourth-order valence-electron chi connectivity index (χ4n) is 10.7. The normalized spacial score (nSPS) is 18.8. The molecule has 3 saturated heterocycles. The van der Waals surface area contributed by atoms with E-state index in [2.05, 4.69) is 262 Å². The minimum Gasteiger partial charge on any atom is -0.468 e. The van der Waals surface area contributed by atoms with Crippen molar-refractivity contribution in [2.75, 3.05) is 16.8 Å². The highest BCUT2D eigenvalue weighted by Gasteiger charge is 2.38. The zero-order valence-corrected chi connectivity index (χ0v) is 64.0. The minimum atomic E-state index is -0.187. The maximum absolute atomic E-state index is 8.10. The highest BCUT2D eigenvalue weighted by Crippen LogP contribution is 2.32. The molecule has 5 aromatic rings. The molecule has 0 saturated carbocycles. The topological polar surface area (TPSA) is 170 Å². The Balaban J connectivity index is 0.000000295. The number of benzene rings is 4. The number of nitrogens with zero attached hydrogens (tertiary/aromatic N) is 4. The first-order chi connectivity index (χ1) is 45.8. The van der Waals surface area contributed by atoms with Crippen molar-refractivity contribution in [1.82, 2.24) is 30.7 Å². The molecular formula is C83H131N11O3. The lowest BCUT2D eigenvalue weighted by Crippen LogP contribution is -2.36. The molecule has 0 radical (unpaired) electrons. The molecule has 14 nitrogen and oxygen atoms in total. The summed E-state index contributed by atoms with van der Waals surface area (Å²) in [5, 5.41) is 38.1. The van der Waals surface area contributed by atoms with Crippen LogP contribution in [0.15, 0.2) is 177 Å². The predicted octanol–water partition coefficient (Wildman–Crippen LogP) is 19.8. The number of hydrogen-bond acceptors (Lipinski definition) is 11. The Bertz CT molecular complexity index is 3060. The lowest BCUT2D eigenvalue weighted by atomic mass is 9.88. The SMILES string of the molecule is C=C1OC(C(C)C)C(=N)N1C(C)C.C=C1OC(C(C)C)C(=N)N1CCC.C=C1OC(C(C)C)C(=N)N1c1ccccc1.CC(C)C(C)NC1CCCc2ccncc21.CC(C)C(C)NCc1ccccc1.CC(C)C(C)Nc1ccccc1.CC(NC(C)C(C)C)c1ccccc1. The summed E-state index contributed by atoms with van der Waals surface area (Å²) >= 11 is 0. The second kappa shape index (κ2) is 43.2. The Morgan fingerprint density at radius 2 is 1.00 bits per heavy atom. The first kappa shape index (κ1) is 84.0.